The van der Waals surface area contributed by atoms with Crippen LogP contribution < -0.4 is 4.90 Å². The lowest BCUT2D eigenvalue weighted by Crippen LogP contribution is -2.53. The van der Waals surface area contributed by atoms with Crippen LogP contribution in [0.2, 0.25) is 0 Å². The first-order valence-corrected chi connectivity index (χ1v) is 13.7. The van der Waals surface area contributed by atoms with E-state index in [1.807, 2.05) is 4.90 Å². The van der Waals surface area contributed by atoms with Gasteiger partial charge in [-0.05, 0) is 71.9 Å². The van der Waals surface area contributed by atoms with Crippen LogP contribution in [0.5, 0.6) is 0 Å². The summed E-state index contributed by atoms with van der Waals surface area (Å²) in [6, 6.07) is 9.85. The Morgan fingerprint density at radius 1 is 1.06 bits per heavy atom. The summed E-state index contributed by atoms with van der Waals surface area (Å²) in [6.07, 6.45) is 1.46. The lowest BCUT2D eigenvalue weighted by Gasteiger charge is -2.40. The quantitative estimate of drug-likeness (QED) is 0.607. The molecular weight excluding hydrogens is 498 g/mol. The molecule has 3 heterocycles. The number of carbonyl (C=O) groups is 1. The van der Waals surface area contributed by atoms with Gasteiger partial charge in [-0.1, -0.05) is 12.1 Å². The van der Waals surface area contributed by atoms with Gasteiger partial charge in [0, 0.05) is 45.0 Å². The molecule has 2 fully saturated rings. The van der Waals surface area contributed by atoms with E-state index in [4.69, 9.17) is 0 Å². The predicted octanol–water partition coefficient (Wildman–Crippen LogP) is 3.88. The number of amides is 1. The van der Waals surface area contributed by atoms with E-state index in [2.05, 4.69) is 52.9 Å². The van der Waals surface area contributed by atoms with Crippen molar-refractivity contribution in [3.05, 3.63) is 45.2 Å². The SMILES string of the molecule is Cc1ccc(C)c(N2CCN(C(=O)[C@H]3CCCN(S(=O)(=O)c4ccc(Br)s4)C3)CC2)c1. The van der Waals surface area contributed by atoms with Crippen LogP contribution in [0, 0.1) is 19.8 Å². The zero-order chi connectivity index (χ0) is 22.2. The third-order valence-electron chi connectivity index (χ3n) is 6.17. The Balaban J connectivity index is 1.39. The van der Waals surface area contributed by atoms with Crippen molar-refractivity contribution in [3.63, 3.8) is 0 Å². The van der Waals surface area contributed by atoms with Gasteiger partial charge in [0.1, 0.15) is 4.21 Å². The summed E-state index contributed by atoms with van der Waals surface area (Å²) in [5.41, 5.74) is 3.73. The van der Waals surface area contributed by atoms with Crippen molar-refractivity contribution < 1.29 is 13.2 Å². The molecule has 0 saturated carbocycles. The van der Waals surface area contributed by atoms with Crippen molar-refractivity contribution >= 4 is 48.9 Å². The topological polar surface area (TPSA) is 60.9 Å². The largest absolute Gasteiger partial charge is 0.368 e. The number of thiophene rings is 1. The summed E-state index contributed by atoms with van der Waals surface area (Å²) in [6.45, 7) is 7.91. The zero-order valence-electron chi connectivity index (χ0n) is 17.9. The van der Waals surface area contributed by atoms with Crippen LogP contribution in [0.15, 0.2) is 38.3 Å². The summed E-state index contributed by atoms with van der Waals surface area (Å²) in [7, 11) is -3.55. The van der Waals surface area contributed by atoms with Crippen LogP contribution in [0.3, 0.4) is 0 Å². The first kappa shape index (κ1) is 22.8. The maximum Gasteiger partial charge on any atom is 0.252 e. The van der Waals surface area contributed by atoms with Crippen molar-refractivity contribution in [2.75, 3.05) is 44.2 Å². The average molecular weight is 527 g/mol. The number of hydrogen-bond acceptors (Lipinski definition) is 5. The van der Waals surface area contributed by atoms with Crippen LogP contribution in [0.1, 0.15) is 24.0 Å². The highest BCUT2D eigenvalue weighted by Crippen LogP contribution is 2.31. The molecule has 0 N–H and O–H groups in total. The summed E-state index contributed by atoms with van der Waals surface area (Å²) in [5.74, 6) is -0.174. The third-order valence-corrected chi connectivity index (χ3v) is 10.1. The first-order chi connectivity index (χ1) is 14.8. The zero-order valence-corrected chi connectivity index (χ0v) is 21.1. The second-order valence-corrected chi connectivity index (χ2v) is 13.0. The lowest BCUT2D eigenvalue weighted by atomic mass is 9.97. The molecular formula is C22H28BrN3O3S2. The van der Waals surface area contributed by atoms with Gasteiger partial charge < -0.3 is 9.80 Å². The molecule has 1 aromatic carbocycles. The van der Waals surface area contributed by atoms with E-state index in [9.17, 15) is 13.2 Å². The Morgan fingerprint density at radius 2 is 1.81 bits per heavy atom. The number of nitrogens with zero attached hydrogens (tertiary/aromatic N) is 3. The number of aryl methyl sites for hydroxylation is 2. The highest BCUT2D eigenvalue weighted by molar-refractivity contribution is 9.11. The van der Waals surface area contributed by atoms with Crippen LogP contribution in [0.25, 0.3) is 0 Å². The fourth-order valence-corrected chi connectivity index (χ4v) is 8.10. The Hall–Kier alpha value is -1.42. The molecule has 1 atom stereocenters. The molecule has 1 aromatic heterocycles. The number of hydrogen-bond donors (Lipinski definition) is 0. The van der Waals surface area contributed by atoms with E-state index in [-0.39, 0.29) is 18.4 Å². The van der Waals surface area contributed by atoms with E-state index in [1.54, 1.807) is 12.1 Å². The molecule has 0 radical (unpaired) electrons. The Kier molecular flexibility index (Phi) is 6.76. The van der Waals surface area contributed by atoms with Crippen molar-refractivity contribution in [2.24, 2.45) is 5.92 Å². The van der Waals surface area contributed by atoms with Crippen molar-refractivity contribution in [2.45, 2.75) is 30.9 Å². The molecule has 31 heavy (non-hydrogen) atoms. The van der Waals surface area contributed by atoms with Gasteiger partial charge in [0.2, 0.25) is 5.91 Å². The van der Waals surface area contributed by atoms with Crippen molar-refractivity contribution in [1.82, 2.24) is 9.21 Å². The van der Waals surface area contributed by atoms with Crippen molar-refractivity contribution in [1.29, 1.82) is 0 Å². The molecule has 2 aromatic rings. The molecule has 2 aliphatic heterocycles. The fraction of sp³-hybridized carbons (Fsp3) is 0.500. The number of anilines is 1. The number of piperidine rings is 1. The van der Waals surface area contributed by atoms with Gasteiger partial charge in [0.25, 0.3) is 10.0 Å². The summed E-state index contributed by atoms with van der Waals surface area (Å²) in [4.78, 5) is 17.5. The molecule has 168 valence electrons. The summed E-state index contributed by atoms with van der Waals surface area (Å²) >= 11 is 4.55. The monoisotopic (exact) mass is 525 g/mol. The fourth-order valence-electron chi connectivity index (χ4n) is 4.41. The average Bonchev–Trinajstić information content (AvgIpc) is 3.22. The number of sulfonamides is 1. The van der Waals surface area contributed by atoms with Gasteiger partial charge in [-0.15, -0.1) is 11.3 Å². The Morgan fingerprint density at radius 3 is 2.48 bits per heavy atom. The van der Waals surface area contributed by atoms with Crippen molar-refractivity contribution in [3.8, 4) is 0 Å². The molecule has 2 saturated heterocycles. The second kappa shape index (κ2) is 9.21. The Bertz CT molecular complexity index is 1060. The number of piperazine rings is 1. The van der Waals surface area contributed by atoms with E-state index in [1.165, 1.54) is 32.5 Å². The highest BCUT2D eigenvalue weighted by atomic mass is 79.9. The highest BCUT2D eigenvalue weighted by Gasteiger charge is 2.36. The van der Waals surface area contributed by atoms with Crippen LogP contribution in [0.4, 0.5) is 5.69 Å². The lowest BCUT2D eigenvalue weighted by molar-refractivity contribution is -0.137. The molecule has 0 unspecified atom stereocenters. The number of benzene rings is 1. The molecule has 0 bridgehead atoms. The minimum absolute atomic E-state index is 0.0906. The number of rotatable bonds is 4. The molecule has 0 aliphatic carbocycles. The molecule has 6 nitrogen and oxygen atoms in total. The normalized spacial score (nSPS) is 20.8. The Labute approximate surface area is 197 Å². The molecule has 9 heteroatoms. The number of carbonyl (C=O) groups excluding carboxylic acids is 1. The van der Waals surface area contributed by atoms with Gasteiger partial charge in [-0.25, -0.2) is 8.42 Å². The molecule has 0 spiro atoms. The summed E-state index contributed by atoms with van der Waals surface area (Å²) < 4.78 is 28.6. The first-order valence-electron chi connectivity index (χ1n) is 10.6. The van der Waals surface area contributed by atoms with E-state index < -0.39 is 10.0 Å². The van der Waals surface area contributed by atoms with Gasteiger partial charge in [0.05, 0.1) is 9.70 Å². The van der Waals surface area contributed by atoms with E-state index in [0.29, 0.717) is 30.3 Å². The van der Waals surface area contributed by atoms with Crippen LogP contribution in [-0.4, -0.2) is 62.8 Å². The standard InChI is InChI=1S/C22H28BrN3O3S2/c1-16-5-6-17(2)19(14-16)24-10-12-25(13-11-24)22(27)18-4-3-9-26(15-18)31(28,29)21-8-7-20(23)30-21/h5-8,14,18H,3-4,9-13,15H2,1-2H3/t18-/m0/s1. The van der Waals surface area contributed by atoms with Crippen LogP contribution in [-0.2, 0) is 14.8 Å². The maximum absolute atomic E-state index is 13.2. The summed E-state index contributed by atoms with van der Waals surface area (Å²) in [5, 5.41) is 0. The molecule has 2 aliphatic rings. The molecule has 4 rings (SSSR count). The van der Waals surface area contributed by atoms with E-state index >= 15 is 0 Å². The maximum atomic E-state index is 13.2. The smallest absolute Gasteiger partial charge is 0.252 e. The van der Waals surface area contributed by atoms with E-state index in [0.717, 1.165) is 23.3 Å². The molecule has 1 amide bonds. The van der Waals surface area contributed by atoms with Crippen LogP contribution >= 0.6 is 27.3 Å². The van der Waals surface area contributed by atoms with Gasteiger partial charge in [0.15, 0.2) is 0 Å². The third kappa shape index (κ3) is 4.84. The predicted molar refractivity (Wildman–Crippen MR) is 128 cm³/mol. The minimum atomic E-state index is -3.55. The van der Waals surface area contributed by atoms with Gasteiger partial charge >= 0.3 is 0 Å². The number of halogens is 1. The van der Waals surface area contributed by atoms with Gasteiger partial charge in [-0.3, -0.25) is 4.79 Å². The second-order valence-electron chi connectivity index (χ2n) is 8.36. The minimum Gasteiger partial charge on any atom is -0.368 e. The van der Waals surface area contributed by atoms with Gasteiger partial charge in [-0.2, -0.15) is 4.31 Å².